The Morgan fingerprint density at radius 3 is 1.97 bits per heavy atom. The molecular weight excluding hydrogens is 392 g/mol. The fourth-order valence-electron chi connectivity index (χ4n) is 3.46. The zero-order chi connectivity index (χ0) is 22.1. The summed E-state index contributed by atoms with van der Waals surface area (Å²) in [5.41, 5.74) is 0. The van der Waals surface area contributed by atoms with Crippen LogP contribution in [0, 0.1) is 11.8 Å². The van der Waals surface area contributed by atoms with Crippen molar-refractivity contribution in [1.29, 1.82) is 0 Å². The van der Waals surface area contributed by atoms with E-state index >= 15 is 0 Å². The van der Waals surface area contributed by atoms with Crippen LogP contribution in [-0.4, -0.2) is 29.9 Å². The van der Waals surface area contributed by atoms with Crippen molar-refractivity contribution >= 4 is 28.8 Å². The van der Waals surface area contributed by atoms with Crippen LogP contribution in [-0.2, 0) is 23.9 Å². The van der Waals surface area contributed by atoms with E-state index in [2.05, 4.69) is 13.8 Å². The SMILES string of the molecule is CCOC(=O)CCCCCCC(CCCC(CCCC(C)C)OC(C)=O)C(=O)Cl. The highest BCUT2D eigenvalue weighted by Crippen LogP contribution is 2.23. The van der Waals surface area contributed by atoms with Crippen molar-refractivity contribution in [3.63, 3.8) is 0 Å². The topological polar surface area (TPSA) is 69.7 Å². The van der Waals surface area contributed by atoms with Crippen LogP contribution in [0.25, 0.3) is 0 Å². The number of ether oxygens (including phenoxy) is 2. The van der Waals surface area contributed by atoms with Crippen LogP contribution in [0.1, 0.15) is 105 Å². The molecule has 2 atom stereocenters. The lowest BCUT2D eigenvalue weighted by atomic mass is 9.94. The molecule has 0 aromatic heterocycles. The summed E-state index contributed by atoms with van der Waals surface area (Å²) in [5.74, 6) is 0.114. The first kappa shape index (κ1) is 27.9. The van der Waals surface area contributed by atoms with Crippen LogP contribution in [0.5, 0.6) is 0 Å². The Kier molecular flexibility index (Phi) is 17.1. The van der Waals surface area contributed by atoms with Gasteiger partial charge in [-0.1, -0.05) is 39.5 Å². The van der Waals surface area contributed by atoms with Gasteiger partial charge in [0.15, 0.2) is 0 Å². The predicted octanol–water partition coefficient (Wildman–Crippen LogP) is 6.20. The standard InChI is InChI=1S/C23H41ClO5/c1-5-28-22(26)17-9-7-6-8-13-20(23(24)27)14-11-16-21(29-19(4)25)15-10-12-18(2)3/h18,20-21H,5-17H2,1-4H3. The Balaban J connectivity index is 4.11. The van der Waals surface area contributed by atoms with Crippen LogP contribution in [0.3, 0.4) is 0 Å². The summed E-state index contributed by atoms with van der Waals surface area (Å²) in [7, 11) is 0. The Morgan fingerprint density at radius 1 is 0.828 bits per heavy atom. The number of esters is 2. The maximum Gasteiger partial charge on any atom is 0.305 e. The molecule has 0 aromatic carbocycles. The lowest BCUT2D eigenvalue weighted by Crippen LogP contribution is -2.18. The summed E-state index contributed by atoms with van der Waals surface area (Å²) < 4.78 is 10.4. The van der Waals surface area contributed by atoms with Gasteiger partial charge in [0.1, 0.15) is 6.10 Å². The first-order chi connectivity index (χ1) is 13.8. The van der Waals surface area contributed by atoms with Gasteiger partial charge in [-0.05, 0) is 69.4 Å². The molecule has 0 aliphatic heterocycles. The van der Waals surface area contributed by atoms with Gasteiger partial charge in [0, 0.05) is 19.3 Å². The molecule has 5 nitrogen and oxygen atoms in total. The first-order valence-corrected chi connectivity index (χ1v) is 11.7. The second kappa shape index (κ2) is 17.7. The Bertz CT molecular complexity index is 464. The van der Waals surface area contributed by atoms with Gasteiger partial charge in [-0.2, -0.15) is 0 Å². The van der Waals surface area contributed by atoms with E-state index in [1.54, 1.807) is 6.92 Å². The van der Waals surface area contributed by atoms with E-state index in [1.807, 2.05) is 0 Å². The van der Waals surface area contributed by atoms with E-state index in [1.165, 1.54) is 6.92 Å². The minimum Gasteiger partial charge on any atom is -0.466 e. The molecule has 6 heteroatoms. The van der Waals surface area contributed by atoms with E-state index in [0.29, 0.717) is 18.9 Å². The highest BCUT2D eigenvalue weighted by atomic mass is 35.5. The molecule has 0 radical (unpaired) electrons. The summed E-state index contributed by atoms with van der Waals surface area (Å²) in [6.07, 6.45) is 10.2. The summed E-state index contributed by atoms with van der Waals surface area (Å²) in [6, 6.07) is 0. The minimum atomic E-state index is -0.277. The molecule has 0 aromatic rings. The van der Waals surface area contributed by atoms with Gasteiger partial charge < -0.3 is 9.47 Å². The zero-order valence-corrected chi connectivity index (χ0v) is 19.6. The van der Waals surface area contributed by atoms with Gasteiger partial charge in [0.25, 0.3) is 0 Å². The molecule has 0 aliphatic carbocycles. The Morgan fingerprint density at radius 2 is 1.41 bits per heavy atom. The predicted molar refractivity (Wildman–Crippen MR) is 117 cm³/mol. The monoisotopic (exact) mass is 432 g/mol. The van der Waals surface area contributed by atoms with Gasteiger partial charge >= 0.3 is 11.9 Å². The van der Waals surface area contributed by atoms with Crippen LogP contribution in [0.15, 0.2) is 0 Å². The quantitative estimate of drug-likeness (QED) is 0.146. The summed E-state index contributed by atoms with van der Waals surface area (Å²) in [6.45, 7) is 8.06. The van der Waals surface area contributed by atoms with Crippen molar-refractivity contribution in [2.75, 3.05) is 6.61 Å². The van der Waals surface area contributed by atoms with Crippen molar-refractivity contribution in [2.24, 2.45) is 11.8 Å². The van der Waals surface area contributed by atoms with Crippen molar-refractivity contribution in [2.45, 2.75) is 111 Å². The lowest BCUT2D eigenvalue weighted by molar-refractivity contribution is -0.147. The zero-order valence-electron chi connectivity index (χ0n) is 18.8. The number of carbonyl (C=O) groups is 3. The van der Waals surface area contributed by atoms with Gasteiger partial charge in [0.2, 0.25) is 5.24 Å². The molecule has 0 fully saturated rings. The van der Waals surface area contributed by atoms with Crippen LogP contribution < -0.4 is 0 Å². The number of unbranched alkanes of at least 4 members (excludes halogenated alkanes) is 3. The fourth-order valence-corrected chi connectivity index (χ4v) is 3.68. The number of halogens is 1. The van der Waals surface area contributed by atoms with E-state index in [9.17, 15) is 14.4 Å². The molecule has 0 saturated heterocycles. The summed E-state index contributed by atoms with van der Waals surface area (Å²) in [4.78, 5) is 34.4. The average molecular weight is 433 g/mol. The van der Waals surface area contributed by atoms with Crippen molar-refractivity contribution < 1.29 is 23.9 Å². The van der Waals surface area contributed by atoms with Crippen LogP contribution in [0.2, 0.25) is 0 Å². The van der Waals surface area contributed by atoms with E-state index < -0.39 is 0 Å². The molecule has 0 rings (SSSR count). The van der Waals surface area contributed by atoms with Crippen molar-refractivity contribution in [3.8, 4) is 0 Å². The minimum absolute atomic E-state index is 0.0693. The normalized spacial score (nSPS) is 13.2. The van der Waals surface area contributed by atoms with Crippen LogP contribution >= 0.6 is 11.6 Å². The fraction of sp³-hybridized carbons (Fsp3) is 0.870. The average Bonchev–Trinajstić information content (AvgIpc) is 2.61. The van der Waals surface area contributed by atoms with Crippen molar-refractivity contribution in [3.05, 3.63) is 0 Å². The molecule has 29 heavy (non-hydrogen) atoms. The first-order valence-electron chi connectivity index (χ1n) is 11.3. The molecule has 0 spiro atoms. The van der Waals surface area contributed by atoms with E-state index in [4.69, 9.17) is 21.1 Å². The number of hydrogen-bond donors (Lipinski definition) is 0. The molecule has 0 bridgehead atoms. The van der Waals surface area contributed by atoms with Gasteiger partial charge in [-0.15, -0.1) is 0 Å². The largest absolute Gasteiger partial charge is 0.466 e. The molecule has 0 amide bonds. The third-order valence-corrected chi connectivity index (χ3v) is 5.34. The molecule has 2 unspecified atom stereocenters. The maximum absolute atomic E-state index is 11.7. The Hall–Kier alpha value is -1.10. The highest BCUT2D eigenvalue weighted by Gasteiger charge is 2.18. The van der Waals surface area contributed by atoms with Gasteiger partial charge in [0.05, 0.1) is 6.61 Å². The van der Waals surface area contributed by atoms with E-state index in [-0.39, 0.29) is 29.2 Å². The second-order valence-corrected chi connectivity index (χ2v) is 8.62. The van der Waals surface area contributed by atoms with Gasteiger partial charge in [-0.3, -0.25) is 14.4 Å². The third kappa shape index (κ3) is 17.5. The number of carbonyl (C=O) groups excluding carboxylic acids is 3. The maximum atomic E-state index is 11.7. The van der Waals surface area contributed by atoms with Crippen molar-refractivity contribution in [1.82, 2.24) is 0 Å². The van der Waals surface area contributed by atoms with E-state index in [0.717, 1.165) is 70.6 Å². The highest BCUT2D eigenvalue weighted by molar-refractivity contribution is 6.63. The molecule has 0 heterocycles. The molecule has 0 N–H and O–H groups in total. The second-order valence-electron chi connectivity index (χ2n) is 8.25. The number of hydrogen-bond acceptors (Lipinski definition) is 5. The van der Waals surface area contributed by atoms with Crippen LogP contribution in [0.4, 0.5) is 0 Å². The summed E-state index contributed by atoms with van der Waals surface area (Å²) in [5, 5.41) is -0.277. The Labute approximate surface area is 182 Å². The number of rotatable bonds is 18. The molecule has 0 aliphatic rings. The third-order valence-electron chi connectivity index (χ3n) is 5.03. The molecule has 170 valence electrons. The molecular formula is C23H41ClO5. The summed E-state index contributed by atoms with van der Waals surface area (Å²) >= 11 is 5.79. The smallest absolute Gasteiger partial charge is 0.305 e. The molecule has 0 saturated carbocycles. The lowest BCUT2D eigenvalue weighted by Gasteiger charge is -2.19. The van der Waals surface area contributed by atoms with Gasteiger partial charge in [-0.25, -0.2) is 0 Å².